The second kappa shape index (κ2) is 3.01. The molecule has 0 aromatic heterocycles. The first kappa shape index (κ1) is 7.54. The summed E-state index contributed by atoms with van der Waals surface area (Å²) in [5, 5.41) is 5.97. The van der Waals surface area contributed by atoms with Crippen LogP contribution in [0, 0.1) is 5.92 Å². The van der Waals surface area contributed by atoms with Crippen molar-refractivity contribution in [1.29, 1.82) is 0 Å². The highest BCUT2D eigenvalue weighted by Crippen LogP contribution is 2.01. The monoisotopic (exact) mass is 142 g/mol. The van der Waals surface area contributed by atoms with Crippen LogP contribution in [-0.2, 0) is 4.79 Å². The van der Waals surface area contributed by atoms with Crippen LogP contribution in [0.15, 0.2) is 0 Å². The van der Waals surface area contributed by atoms with Crippen molar-refractivity contribution in [3.63, 3.8) is 0 Å². The van der Waals surface area contributed by atoms with E-state index in [-0.39, 0.29) is 5.91 Å². The van der Waals surface area contributed by atoms with E-state index in [1.54, 1.807) is 0 Å². The minimum atomic E-state index is 0.108. The molecule has 0 aromatic carbocycles. The van der Waals surface area contributed by atoms with E-state index in [0.717, 1.165) is 6.54 Å². The highest BCUT2D eigenvalue weighted by atomic mass is 16.2. The van der Waals surface area contributed by atoms with Gasteiger partial charge in [0.25, 0.3) is 0 Å². The Bertz CT molecular complexity index is 124. The molecule has 1 rings (SSSR count). The molecule has 1 atom stereocenters. The Balaban J connectivity index is 2.33. The summed E-state index contributed by atoms with van der Waals surface area (Å²) in [6.07, 6.45) is 0. The van der Waals surface area contributed by atoms with Gasteiger partial charge < -0.3 is 10.6 Å². The maximum atomic E-state index is 10.7. The van der Waals surface area contributed by atoms with Crippen molar-refractivity contribution in [2.45, 2.75) is 19.9 Å². The van der Waals surface area contributed by atoms with Crippen molar-refractivity contribution in [1.82, 2.24) is 10.6 Å². The SMILES string of the molecule is CC(C)C1CNC(=O)CN1. The fourth-order valence-corrected chi connectivity index (χ4v) is 1.05. The zero-order chi connectivity index (χ0) is 7.56. The lowest BCUT2D eigenvalue weighted by atomic mass is 10.0. The second-order valence-corrected chi connectivity index (χ2v) is 3.04. The van der Waals surface area contributed by atoms with Gasteiger partial charge >= 0.3 is 0 Å². The van der Waals surface area contributed by atoms with E-state index in [2.05, 4.69) is 24.5 Å². The third-order valence-corrected chi connectivity index (χ3v) is 1.85. The lowest BCUT2D eigenvalue weighted by molar-refractivity contribution is -0.121. The molecule has 0 saturated carbocycles. The van der Waals surface area contributed by atoms with Crippen molar-refractivity contribution in [3.8, 4) is 0 Å². The average molecular weight is 142 g/mol. The first-order valence-electron chi connectivity index (χ1n) is 3.70. The summed E-state index contributed by atoms with van der Waals surface area (Å²) in [4.78, 5) is 10.7. The molecule has 3 nitrogen and oxygen atoms in total. The van der Waals surface area contributed by atoms with Gasteiger partial charge in [-0.25, -0.2) is 0 Å². The summed E-state index contributed by atoms with van der Waals surface area (Å²) >= 11 is 0. The molecule has 0 bridgehead atoms. The smallest absolute Gasteiger partial charge is 0.234 e. The molecule has 1 aliphatic heterocycles. The Kier molecular flexibility index (Phi) is 2.27. The Hall–Kier alpha value is -0.570. The second-order valence-electron chi connectivity index (χ2n) is 3.04. The maximum Gasteiger partial charge on any atom is 0.234 e. The standard InChI is InChI=1S/C7H14N2O/c1-5(2)6-3-9-7(10)4-8-6/h5-6,8H,3-4H2,1-2H3,(H,9,10). The van der Waals surface area contributed by atoms with Crippen molar-refractivity contribution in [2.24, 2.45) is 5.92 Å². The fourth-order valence-electron chi connectivity index (χ4n) is 1.05. The molecule has 2 N–H and O–H groups in total. The van der Waals surface area contributed by atoms with Crippen LogP contribution in [-0.4, -0.2) is 25.0 Å². The molecule has 0 aliphatic carbocycles. The van der Waals surface area contributed by atoms with Gasteiger partial charge in [-0.1, -0.05) is 13.8 Å². The zero-order valence-corrected chi connectivity index (χ0v) is 6.48. The summed E-state index contributed by atoms with van der Waals surface area (Å²) < 4.78 is 0. The number of rotatable bonds is 1. The lowest BCUT2D eigenvalue weighted by Crippen LogP contribution is -2.53. The van der Waals surface area contributed by atoms with Gasteiger partial charge in [-0.15, -0.1) is 0 Å². The van der Waals surface area contributed by atoms with Gasteiger partial charge in [0.05, 0.1) is 6.54 Å². The highest BCUT2D eigenvalue weighted by Gasteiger charge is 2.18. The third kappa shape index (κ3) is 1.70. The molecule has 1 fully saturated rings. The number of hydrogen-bond acceptors (Lipinski definition) is 2. The number of carbonyl (C=O) groups excluding carboxylic acids is 1. The Labute approximate surface area is 61.2 Å². The van der Waals surface area contributed by atoms with Crippen LogP contribution in [0.25, 0.3) is 0 Å². The Morgan fingerprint density at radius 1 is 1.60 bits per heavy atom. The quantitative estimate of drug-likeness (QED) is 0.529. The van der Waals surface area contributed by atoms with E-state index >= 15 is 0 Å². The van der Waals surface area contributed by atoms with Crippen LogP contribution >= 0.6 is 0 Å². The van der Waals surface area contributed by atoms with Crippen LogP contribution < -0.4 is 10.6 Å². The van der Waals surface area contributed by atoms with E-state index in [1.165, 1.54) is 0 Å². The topological polar surface area (TPSA) is 41.1 Å². The lowest BCUT2D eigenvalue weighted by Gasteiger charge is -2.26. The minimum absolute atomic E-state index is 0.108. The summed E-state index contributed by atoms with van der Waals surface area (Å²) in [5.41, 5.74) is 0. The molecular weight excluding hydrogens is 128 g/mol. The molecule has 0 aromatic rings. The van der Waals surface area contributed by atoms with E-state index < -0.39 is 0 Å². The molecule has 1 unspecified atom stereocenters. The van der Waals surface area contributed by atoms with Crippen molar-refractivity contribution < 1.29 is 4.79 Å². The first-order valence-corrected chi connectivity index (χ1v) is 3.70. The average Bonchev–Trinajstić information content (AvgIpc) is 1.88. The summed E-state index contributed by atoms with van der Waals surface area (Å²) in [5.74, 6) is 0.706. The van der Waals surface area contributed by atoms with Gasteiger partial charge in [0, 0.05) is 12.6 Å². The molecule has 3 heteroatoms. The van der Waals surface area contributed by atoms with Gasteiger partial charge in [0.15, 0.2) is 0 Å². The van der Waals surface area contributed by atoms with Gasteiger partial charge in [-0.3, -0.25) is 4.79 Å². The molecule has 0 spiro atoms. The van der Waals surface area contributed by atoms with Crippen LogP contribution in [0.2, 0.25) is 0 Å². The van der Waals surface area contributed by atoms with E-state index in [0.29, 0.717) is 18.5 Å². The molecule has 58 valence electrons. The van der Waals surface area contributed by atoms with Crippen molar-refractivity contribution in [3.05, 3.63) is 0 Å². The Morgan fingerprint density at radius 3 is 2.70 bits per heavy atom. The maximum absolute atomic E-state index is 10.7. The van der Waals surface area contributed by atoms with Gasteiger partial charge in [0.2, 0.25) is 5.91 Å². The van der Waals surface area contributed by atoms with Crippen LogP contribution in [0.3, 0.4) is 0 Å². The zero-order valence-electron chi connectivity index (χ0n) is 6.48. The molecule has 0 radical (unpaired) electrons. The first-order chi connectivity index (χ1) is 4.70. The van der Waals surface area contributed by atoms with Gasteiger partial charge in [0.1, 0.15) is 0 Å². The Morgan fingerprint density at radius 2 is 2.30 bits per heavy atom. The predicted molar refractivity (Wildman–Crippen MR) is 39.6 cm³/mol. The molecule has 1 saturated heterocycles. The number of carbonyl (C=O) groups is 1. The largest absolute Gasteiger partial charge is 0.353 e. The van der Waals surface area contributed by atoms with Gasteiger partial charge in [-0.05, 0) is 5.92 Å². The number of nitrogens with one attached hydrogen (secondary N) is 2. The minimum Gasteiger partial charge on any atom is -0.353 e. The van der Waals surface area contributed by atoms with E-state index in [4.69, 9.17) is 0 Å². The van der Waals surface area contributed by atoms with Crippen LogP contribution in [0.1, 0.15) is 13.8 Å². The third-order valence-electron chi connectivity index (χ3n) is 1.85. The van der Waals surface area contributed by atoms with Crippen molar-refractivity contribution in [2.75, 3.05) is 13.1 Å². The summed E-state index contributed by atoms with van der Waals surface area (Å²) in [6.45, 7) is 5.55. The summed E-state index contributed by atoms with van der Waals surface area (Å²) in [7, 11) is 0. The number of piperazine rings is 1. The molecule has 1 heterocycles. The van der Waals surface area contributed by atoms with Crippen LogP contribution in [0.5, 0.6) is 0 Å². The highest BCUT2D eigenvalue weighted by molar-refractivity contribution is 5.78. The molecule has 1 aliphatic rings. The molecule has 10 heavy (non-hydrogen) atoms. The fraction of sp³-hybridized carbons (Fsp3) is 0.857. The van der Waals surface area contributed by atoms with E-state index in [1.807, 2.05) is 0 Å². The molecule has 1 amide bonds. The number of hydrogen-bond donors (Lipinski definition) is 2. The van der Waals surface area contributed by atoms with Crippen LogP contribution in [0.4, 0.5) is 0 Å². The normalized spacial score (nSPS) is 26.7. The summed E-state index contributed by atoms with van der Waals surface area (Å²) in [6, 6.07) is 0.456. The molecular formula is C7H14N2O. The van der Waals surface area contributed by atoms with Gasteiger partial charge in [-0.2, -0.15) is 0 Å². The predicted octanol–water partition coefficient (Wildman–Crippen LogP) is -0.270. The number of amides is 1. The van der Waals surface area contributed by atoms with E-state index in [9.17, 15) is 4.79 Å². The van der Waals surface area contributed by atoms with Crippen molar-refractivity contribution >= 4 is 5.91 Å².